The van der Waals surface area contributed by atoms with E-state index in [-0.39, 0.29) is 0 Å². The van der Waals surface area contributed by atoms with Crippen molar-refractivity contribution >= 4 is 17.1 Å². The number of nitrogens with zero attached hydrogens (tertiary/aromatic N) is 1. The van der Waals surface area contributed by atoms with Gasteiger partial charge in [-0.25, -0.2) is 0 Å². The van der Waals surface area contributed by atoms with E-state index < -0.39 is 23.0 Å². The van der Waals surface area contributed by atoms with E-state index in [1.807, 2.05) is 0 Å². The largest absolute Gasteiger partial charge is 0.490 e. The zero-order valence-electron chi connectivity index (χ0n) is 12.9. The van der Waals surface area contributed by atoms with Crippen LogP contribution in [0.1, 0.15) is 6.42 Å². The van der Waals surface area contributed by atoms with Gasteiger partial charge in [0.2, 0.25) is 5.75 Å². The first kappa shape index (κ1) is 16.7. The molecule has 0 bridgehead atoms. The fourth-order valence-electron chi connectivity index (χ4n) is 2.34. The Morgan fingerprint density at radius 3 is 2.48 bits per heavy atom. The molecule has 2 aromatic rings. The van der Waals surface area contributed by atoms with Crippen molar-refractivity contribution in [3.63, 3.8) is 0 Å². The van der Waals surface area contributed by atoms with Gasteiger partial charge in [-0.05, 0) is 18.2 Å². The van der Waals surface area contributed by atoms with Crippen molar-refractivity contribution in [1.29, 1.82) is 0 Å². The normalized spacial score (nSPS) is 13.2. The van der Waals surface area contributed by atoms with Gasteiger partial charge in [0.05, 0.1) is 18.1 Å². The van der Waals surface area contributed by atoms with Crippen LogP contribution in [-0.4, -0.2) is 24.7 Å². The third-order valence-electron chi connectivity index (χ3n) is 3.41. The lowest BCUT2D eigenvalue weighted by molar-refractivity contribution is -0.386. The first-order valence-electron chi connectivity index (χ1n) is 7.43. The molecule has 0 spiro atoms. The first-order chi connectivity index (χ1) is 12.0. The SMILES string of the molecule is O=[N+]([O-])c1ccc(Nc2ccc3c(c2)OCCCO3)cc1OC(F)F. The molecule has 0 fully saturated rings. The maximum Gasteiger partial charge on any atom is 0.387 e. The van der Waals surface area contributed by atoms with Gasteiger partial charge in [-0.15, -0.1) is 0 Å². The molecular formula is C16H14F2N2O5. The predicted molar refractivity (Wildman–Crippen MR) is 85.1 cm³/mol. The molecule has 7 nitrogen and oxygen atoms in total. The molecule has 9 heteroatoms. The van der Waals surface area contributed by atoms with Gasteiger partial charge in [-0.1, -0.05) is 0 Å². The quantitative estimate of drug-likeness (QED) is 0.644. The van der Waals surface area contributed by atoms with Crippen LogP contribution >= 0.6 is 0 Å². The number of nitro groups is 1. The lowest BCUT2D eigenvalue weighted by atomic mass is 10.2. The van der Waals surface area contributed by atoms with Crippen LogP contribution in [0, 0.1) is 10.1 Å². The summed E-state index contributed by atoms with van der Waals surface area (Å²) >= 11 is 0. The average Bonchev–Trinajstić information content (AvgIpc) is 2.79. The van der Waals surface area contributed by atoms with E-state index in [1.165, 1.54) is 6.07 Å². The van der Waals surface area contributed by atoms with Crippen molar-refractivity contribution in [3.8, 4) is 17.2 Å². The highest BCUT2D eigenvalue weighted by molar-refractivity contribution is 5.67. The summed E-state index contributed by atoms with van der Waals surface area (Å²) in [6, 6.07) is 8.80. The molecule has 0 unspecified atom stereocenters. The predicted octanol–water partition coefficient (Wildman–Crippen LogP) is 4.10. The Morgan fingerprint density at radius 1 is 1.08 bits per heavy atom. The van der Waals surface area contributed by atoms with Gasteiger partial charge in [0, 0.05) is 36.0 Å². The summed E-state index contributed by atoms with van der Waals surface area (Å²) in [7, 11) is 0. The van der Waals surface area contributed by atoms with E-state index >= 15 is 0 Å². The second-order valence-electron chi connectivity index (χ2n) is 5.16. The van der Waals surface area contributed by atoms with E-state index in [9.17, 15) is 18.9 Å². The number of ether oxygens (including phenoxy) is 3. The van der Waals surface area contributed by atoms with Crippen LogP contribution in [0.15, 0.2) is 36.4 Å². The van der Waals surface area contributed by atoms with Crippen LogP contribution in [0.3, 0.4) is 0 Å². The molecular weight excluding hydrogens is 338 g/mol. The molecule has 132 valence electrons. The third-order valence-corrected chi connectivity index (χ3v) is 3.41. The molecule has 1 heterocycles. The Hall–Kier alpha value is -3.10. The van der Waals surface area contributed by atoms with Gasteiger partial charge in [0.1, 0.15) is 0 Å². The minimum Gasteiger partial charge on any atom is -0.490 e. The molecule has 1 aliphatic heterocycles. The summed E-state index contributed by atoms with van der Waals surface area (Å²) < 4.78 is 40.2. The van der Waals surface area contributed by atoms with Crippen LogP contribution in [0.4, 0.5) is 25.8 Å². The molecule has 2 aromatic carbocycles. The smallest absolute Gasteiger partial charge is 0.387 e. The number of nitro benzene ring substituents is 1. The summed E-state index contributed by atoms with van der Waals surface area (Å²) in [6.45, 7) is -2.07. The zero-order chi connectivity index (χ0) is 17.8. The molecule has 0 saturated carbocycles. The second kappa shape index (κ2) is 7.20. The monoisotopic (exact) mass is 352 g/mol. The number of alkyl halides is 2. The number of hydrogen-bond acceptors (Lipinski definition) is 6. The standard InChI is InChI=1S/C16H14F2N2O5/c17-16(18)25-14-8-10(2-4-12(14)20(21)22)19-11-3-5-13-15(9-11)24-7-1-6-23-13/h2-5,8-9,16,19H,1,6-7H2. The van der Waals surface area contributed by atoms with Gasteiger partial charge >= 0.3 is 12.3 Å². The number of halogens is 2. The Bertz CT molecular complexity index is 785. The molecule has 1 N–H and O–H groups in total. The molecule has 0 radical (unpaired) electrons. The van der Waals surface area contributed by atoms with Crippen LogP contribution < -0.4 is 19.5 Å². The fraction of sp³-hybridized carbons (Fsp3) is 0.250. The lowest BCUT2D eigenvalue weighted by Gasteiger charge is -2.12. The minimum absolute atomic E-state index is 0.357. The molecule has 3 rings (SSSR count). The molecule has 0 saturated heterocycles. The van der Waals surface area contributed by atoms with Crippen LogP contribution in [-0.2, 0) is 0 Å². The van der Waals surface area contributed by atoms with Crippen molar-refractivity contribution in [3.05, 3.63) is 46.5 Å². The highest BCUT2D eigenvalue weighted by Crippen LogP contribution is 2.35. The molecule has 0 aliphatic carbocycles. The molecule has 0 aromatic heterocycles. The number of rotatable bonds is 5. The van der Waals surface area contributed by atoms with E-state index in [4.69, 9.17) is 9.47 Å². The maximum absolute atomic E-state index is 12.5. The molecule has 1 aliphatic rings. The number of hydrogen-bond donors (Lipinski definition) is 1. The second-order valence-corrected chi connectivity index (χ2v) is 5.16. The zero-order valence-corrected chi connectivity index (χ0v) is 12.9. The highest BCUT2D eigenvalue weighted by Gasteiger charge is 2.19. The van der Waals surface area contributed by atoms with Gasteiger partial charge in [0.25, 0.3) is 0 Å². The Labute approximate surface area is 141 Å². The number of nitrogens with one attached hydrogen (secondary N) is 1. The van der Waals surface area contributed by atoms with Gasteiger partial charge in [-0.3, -0.25) is 10.1 Å². The molecule has 0 atom stereocenters. The van der Waals surface area contributed by atoms with Crippen LogP contribution in [0.2, 0.25) is 0 Å². The van der Waals surface area contributed by atoms with E-state index in [2.05, 4.69) is 10.1 Å². The molecule has 0 amide bonds. The minimum atomic E-state index is -3.16. The summed E-state index contributed by atoms with van der Waals surface area (Å²) in [4.78, 5) is 10.1. The average molecular weight is 352 g/mol. The number of fused-ring (bicyclic) bond motifs is 1. The van der Waals surface area contributed by atoms with Gasteiger partial charge < -0.3 is 19.5 Å². The van der Waals surface area contributed by atoms with Crippen molar-refractivity contribution in [2.45, 2.75) is 13.0 Å². The summed E-state index contributed by atoms with van der Waals surface area (Å²) in [5.74, 6) is 0.668. The van der Waals surface area contributed by atoms with Crippen LogP contribution in [0.5, 0.6) is 17.2 Å². The van der Waals surface area contributed by atoms with E-state index in [0.717, 1.165) is 18.6 Å². The van der Waals surface area contributed by atoms with Crippen molar-refractivity contribution in [2.24, 2.45) is 0 Å². The Morgan fingerprint density at radius 2 is 1.76 bits per heavy atom. The lowest BCUT2D eigenvalue weighted by Crippen LogP contribution is -2.05. The van der Waals surface area contributed by atoms with Gasteiger partial charge in [-0.2, -0.15) is 8.78 Å². The summed E-state index contributed by atoms with van der Waals surface area (Å²) in [5.41, 5.74) is 0.432. The van der Waals surface area contributed by atoms with Crippen molar-refractivity contribution < 1.29 is 27.9 Å². The number of anilines is 2. The molecule has 25 heavy (non-hydrogen) atoms. The third kappa shape index (κ3) is 4.06. The topological polar surface area (TPSA) is 82.9 Å². The number of benzene rings is 2. The van der Waals surface area contributed by atoms with Gasteiger partial charge in [0.15, 0.2) is 11.5 Å². The summed E-state index contributed by atoms with van der Waals surface area (Å²) in [6.07, 6.45) is 0.772. The highest BCUT2D eigenvalue weighted by atomic mass is 19.3. The van der Waals surface area contributed by atoms with E-state index in [1.54, 1.807) is 18.2 Å². The Kier molecular flexibility index (Phi) is 4.82. The maximum atomic E-state index is 12.5. The fourth-order valence-corrected chi connectivity index (χ4v) is 2.34. The van der Waals surface area contributed by atoms with E-state index in [0.29, 0.717) is 36.1 Å². The van der Waals surface area contributed by atoms with Crippen LogP contribution in [0.25, 0.3) is 0 Å². The first-order valence-corrected chi connectivity index (χ1v) is 7.43. The summed E-state index contributed by atoms with van der Waals surface area (Å²) in [5, 5.41) is 13.9. The Balaban J connectivity index is 1.85. The van der Waals surface area contributed by atoms with Crippen molar-refractivity contribution in [2.75, 3.05) is 18.5 Å². The van der Waals surface area contributed by atoms with Crippen molar-refractivity contribution in [1.82, 2.24) is 0 Å².